The van der Waals surface area contributed by atoms with Gasteiger partial charge in [-0.05, 0) is 54.9 Å². The number of carbonyl (C=O) groups is 3. The fourth-order valence-corrected chi connectivity index (χ4v) is 4.08. The number of benzene rings is 1. The molecule has 1 aliphatic carbocycles. The molecule has 1 unspecified atom stereocenters. The summed E-state index contributed by atoms with van der Waals surface area (Å²) >= 11 is 0. The molecule has 0 spiro atoms. The summed E-state index contributed by atoms with van der Waals surface area (Å²) in [5.74, 6) is -0.415. The van der Waals surface area contributed by atoms with Gasteiger partial charge in [-0.1, -0.05) is 37.3 Å². The van der Waals surface area contributed by atoms with E-state index in [-0.39, 0.29) is 24.3 Å². The number of hydrogen-bond donors (Lipinski definition) is 1. The van der Waals surface area contributed by atoms with Crippen molar-refractivity contribution in [3.63, 3.8) is 0 Å². The highest BCUT2D eigenvalue weighted by molar-refractivity contribution is 6.09. The van der Waals surface area contributed by atoms with Crippen LogP contribution in [0.5, 0.6) is 0 Å². The monoisotopic (exact) mass is 420 g/mol. The van der Waals surface area contributed by atoms with Gasteiger partial charge in [0.2, 0.25) is 5.91 Å². The molecular weight excluding hydrogens is 392 g/mol. The molecule has 2 heterocycles. The quantitative estimate of drug-likeness (QED) is 0.666. The first-order chi connectivity index (χ1) is 14.9. The second-order valence-corrected chi connectivity index (χ2v) is 8.58. The van der Waals surface area contributed by atoms with Gasteiger partial charge >= 0.3 is 6.03 Å². The van der Waals surface area contributed by atoms with Crippen molar-refractivity contribution in [2.24, 2.45) is 5.92 Å². The van der Waals surface area contributed by atoms with Gasteiger partial charge in [-0.25, -0.2) is 4.79 Å². The van der Waals surface area contributed by atoms with Crippen LogP contribution in [-0.4, -0.2) is 44.7 Å². The van der Waals surface area contributed by atoms with Crippen LogP contribution >= 0.6 is 0 Å². The van der Waals surface area contributed by atoms with E-state index in [4.69, 9.17) is 0 Å². The van der Waals surface area contributed by atoms with Crippen LogP contribution in [0, 0.1) is 5.92 Å². The Balaban J connectivity index is 1.51. The van der Waals surface area contributed by atoms with Crippen molar-refractivity contribution in [2.75, 3.05) is 6.54 Å². The van der Waals surface area contributed by atoms with Gasteiger partial charge < -0.3 is 10.2 Å². The molecule has 4 amide bonds. The number of rotatable bonds is 8. The minimum atomic E-state index is -0.887. The van der Waals surface area contributed by atoms with Crippen molar-refractivity contribution < 1.29 is 14.4 Å². The van der Waals surface area contributed by atoms with E-state index >= 15 is 0 Å². The summed E-state index contributed by atoms with van der Waals surface area (Å²) in [4.78, 5) is 45.5. The number of nitrogens with one attached hydrogen (secondary N) is 1. The third kappa shape index (κ3) is 4.45. The van der Waals surface area contributed by atoms with E-state index in [1.807, 2.05) is 24.3 Å². The molecule has 162 valence electrons. The second kappa shape index (κ2) is 8.49. The fraction of sp³-hybridized carbons (Fsp3) is 0.417. The number of nitrogens with zero attached hydrogens (tertiary/aromatic N) is 3. The van der Waals surface area contributed by atoms with Crippen molar-refractivity contribution in [1.29, 1.82) is 0 Å². The highest BCUT2D eigenvalue weighted by atomic mass is 16.2. The fourth-order valence-electron chi connectivity index (χ4n) is 4.08. The molecule has 2 fully saturated rings. The van der Waals surface area contributed by atoms with Gasteiger partial charge in [0, 0.05) is 25.5 Å². The van der Waals surface area contributed by atoms with Crippen molar-refractivity contribution in [3.8, 4) is 0 Å². The summed E-state index contributed by atoms with van der Waals surface area (Å²) in [7, 11) is 0. The van der Waals surface area contributed by atoms with Crippen LogP contribution in [0.2, 0.25) is 0 Å². The number of carbonyl (C=O) groups excluding carboxylic acids is 3. The number of aryl methyl sites for hydroxylation is 1. The number of pyridine rings is 1. The molecule has 1 N–H and O–H groups in total. The summed E-state index contributed by atoms with van der Waals surface area (Å²) in [6.07, 6.45) is 6.20. The number of amides is 4. The van der Waals surface area contributed by atoms with E-state index in [9.17, 15) is 14.4 Å². The van der Waals surface area contributed by atoms with Gasteiger partial charge in [-0.15, -0.1) is 0 Å². The lowest BCUT2D eigenvalue weighted by molar-refractivity contribution is -0.139. The van der Waals surface area contributed by atoms with E-state index in [2.05, 4.69) is 29.4 Å². The number of aromatic nitrogens is 1. The van der Waals surface area contributed by atoms with E-state index in [0.717, 1.165) is 35.3 Å². The molecule has 0 bridgehead atoms. The zero-order valence-corrected chi connectivity index (χ0v) is 18.0. The maximum absolute atomic E-state index is 13.3. The maximum atomic E-state index is 13.3. The van der Waals surface area contributed by atoms with E-state index < -0.39 is 11.6 Å². The highest BCUT2D eigenvalue weighted by Crippen LogP contribution is 2.42. The zero-order valence-electron chi connectivity index (χ0n) is 18.0. The Labute approximate surface area is 182 Å². The molecule has 1 atom stereocenters. The first-order valence-corrected chi connectivity index (χ1v) is 10.8. The van der Waals surface area contributed by atoms with Gasteiger partial charge in [0.15, 0.2) is 0 Å². The molecule has 7 heteroatoms. The molecule has 1 aliphatic heterocycles. The minimum absolute atomic E-state index is 0.160. The maximum Gasteiger partial charge on any atom is 0.325 e. The highest BCUT2D eigenvalue weighted by Gasteiger charge is 2.56. The van der Waals surface area contributed by atoms with Crippen molar-refractivity contribution in [1.82, 2.24) is 20.1 Å². The third-order valence-electron chi connectivity index (χ3n) is 6.24. The Hall–Kier alpha value is -3.22. The van der Waals surface area contributed by atoms with Gasteiger partial charge in [-0.2, -0.15) is 0 Å². The number of urea groups is 1. The van der Waals surface area contributed by atoms with E-state index in [0.29, 0.717) is 13.1 Å². The molecule has 1 saturated heterocycles. The molecule has 4 rings (SSSR count). The van der Waals surface area contributed by atoms with E-state index in [1.54, 1.807) is 24.2 Å². The second-order valence-electron chi connectivity index (χ2n) is 8.58. The van der Waals surface area contributed by atoms with Crippen molar-refractivity contribution in [3.05, 3.63) is 65.5 Å². The summed E-state index contributed by atoms with van der Waals surface area (Å²) < 4.78 is 0. The van der Waals surface area contributed by atoms with Crippen LogP contribution in [0.1, 0.15) is 43.4 Å². The lowest BCUT2D eigenvalue weighted by Crippen LogP contribution is -2.47. The molecule has 1 aromatic heterocycles. The van der Waals surface area contributed by atoms with Crippen LogP contribution in [0.15, 0.2) is 48.8 Å². The first-order valence-electron chi connectivity index (χ1n) is 10.8. The zero-order chi connectivity index (χ0) is 22.0. The summed E-state index contributed by atoms with van der Waals surface area (Å²) in [6.45, 7) is 4.34. The molecule has 1 saturated carbocycles. The Morgan fingerprint density at radius 1 is 1.13 bits per heavy atom. The predicted octanol–water partition coefficient (Wildman–Crippen LogP) is 2.89. The predicted molar refractivity (Wildman–Crippen MR) is 116 cm³/mol. The number of imide groups is 1. The molecule has 31 heavy (non-hydrogen) atoms. The van der Waals surface area contributed by atoms with Gasteiger partial charge in [-0.3, -0.25) is 19.5 Å². The van der Waals surface area contributed by atoms with Crippen LogP contribution in [0.3, 0.4) is 0 Å². The van der Waals surface area contributed by atoms with Crippen LogP contribution in [0.4, 0.5) is 4.79 Å². The molecule has 2 aromatic rings. The van der Waals surface area contributed by atoms with Gasteiger partial charge in [0.25, 0.3) is 5.91 Å². The van der Waals surface area contributed by atoms with Crippen LogP contribution in [0.25, 0.3) is 0 Å². The Bertz CT molecular complexity index is 972. The van der Waals surface area contributed by atoms with Crippen LogP contribution in [-0.2, 0) is 29.1 Å². The number of hydrogen-bond acceptors (Lipinski definition) is 4. The summed E-state index contributed by atoms with van der Waals surface area (Å²) in [5, 5.41) is 2.81. The smallest absolute Gasteiger partial charge is 0.325 e. The van der Waals surface area contributed by atoms with Gasteiger partial charge in [0.05, 0.1) is 0 Å². The van der Waals surface area contributed by atoms with Crippen molar-refractivity contribution >= 4 is 17.8 Å². The molecular formula is C24H28N4O3. The Morgan fingerprint density at radius 3 is 2.42 bits per heavy atom. The summed E-state index contributed by atoms with van der Waals surface area (Å²) in [6, 6.07) is 11.4. The topological polar surface area (TPSA) is 82.6 Å². The Kier molecular flexibility index (Phi) is 5.76. The largest absolute Gasteiger partial charge is 0.332 e. The molecule has 0 radical (unpaired) electrons. The normalized spacial score (nSPS) is 20.6. The molecule has 2 aliphatic rings. The van der Waals surface area contributed by atoms with E-state index in [1.165, 1.54) is 5.56 Å². The average Bonchev–Trinajstić information content (AvgIpc) is 3.60. The average molecular weight is 421 g/mol. The van der Waals surface area contributed by atoms with Gasteiger partial charge in [0.1, 0.15) is 12.1 Å². The van der Waals surface area contributed by atoms with Crippen LogP contribution < -0.4 is 5.32 Å². The minimum Gasteiger partial charge on any atom is -0.332 e. The lowest BCUT2D eigenvalue weighted by Gasteiger charge is -2.25. The third-order valence-corrected chi connectivity index (χ3v) is 6.24. The molecule has 7 nitrogen and oxygen atoms in total. The summed E-state index contributed by atoms with van der Waals surface area (Å²) in [5.41, 5.74) is 2.23. The SMILES string of the molecule is CCc1ccc(CN(Cc2cccnc2)C(=O)CN2C(=O)NC(C)(C3CC3)C2=O)cc1. The standard InChI is InChI=1S/C24H28N4O3/c1-3-17-6-8-18(9-7-17)14-27(15-19-5-4-12-25-13-19)21(29)16-28-22(30)24(2,20-10-11-20)26-23(28)31/h4-9,12-13,20H,3,10-11,14-16H2,1-2H3,(H,26,31). The van der Waals surface area contributed by atoms with Crippen molar-refractivity contribution in [2.45, 2.75) is 51.7 Å². The lowest BCUT2D eigenvalue weighted by atomic mass is 9.96. The Morgan fingerprint density at radius 2 is 1.81 bits per heavy atom. The molecule has 1 aromatic carbocycles. The first kappa shape index (κ1) is 21.0.